The lowest BCUT2D eigenvalue weighted by atomic mass is 9.49. The van der Waals surface area contributed by atoms with E-state index in [1.54, 1.807) is 22.6 Å². The maximum atomic E-state index is 12.7. The molecule has 0 aromatic heterocycles. The molecule has 0 aliphatic heterocycles. The van der Waals surface area contributed by atoms with Crippen LogP contribution >= 0.6 is 45.2 Å². The van der Waals surface area contributed by atoms with E-state index in [-0.39, 0.29) is 24.7 Å². The summed E-state index contributed by atoms with van der Waals surface area (Å²) in [7, 11) is 0. The quantitative estimate of drug-likeness (QED) is 0.309. The van der Waals surface area contributed by atoms with Crippen molar-refractivity contribution in [2.75, 3.05) is 0 Å². The van der Waals surface area contributed by atoms with Gasteiger partial charge in [-0.2, -0.15) is 0 Å². The number of halogens is 2. The zero-order valence-electron chi connectivity index (χ0n) is 13.8. The predicted octanol–water partition coefficient (Wildman–Crippen LogP) is 4.80. The van der Waals surface area contributed by atoms with Gasteiger partial charge in [-0.05, 0) is 54.2 Å². The van der Waals surface area contributed by atoms with Gasteiger partial charge in [0, 0.05) is 56.2 Å². The minimum atomic E-state index is -0.590. The van der Waals surface area contributed by atoms with Gasteiger partial charge in [-0.25, -0.2) is 0 Å². The van der Waals surface area contributed by atoms with Crippen molar-refractivity contribution in [3.8, 4) is 0 Å². The molecule has 0 N–H and O–H groups in total. The summed E-state index contributed by atoms with van der Waals surface area (Å²) in [5, 5.41) is 0. The molecule has 0 saturated heterocycles. The largest absolute Gasteiger partial charge is 0.289 e. The van der Waals surface area contributed by atoms with Gasteiger partial charge in [0.15, 0.2) is 0 Å². The predicted molar refractivity (Wildman–Crippen MR) is 110 cm³/mol. The Morgan fingerprint density at radius 3 is 2.46 bits per heavy atom. The first-order valence-corrected chi connectivity index (χ1v) is 10.4. The molecule has 0 heterocycles. The van der Waals surface area contributed by atoms with Gasteiger partial charge in [-0.15, -0.1) is 0 Å². The standard InChI is InChI=1S/C19H20I2O3/c1-18-8-3-9-19(2,15(22)17(21)24)14(18)7-6-11-4-5-12(16(20)23)10-13(11)18/h4-5,10,14H,3,6-9H2,1-2H3/t14-,18-,19+/m0/s1. The zero-order chi connectivity index (χ0) is 17.7. The minimum Gasteiger partial charge on any atom is -0.289 e. The van der Waals surface area contributed by atoms with Gasteiger partial charge < -0.3 is 0 Å². The lowest BCUT2D eigenvalue weighted by Gasteiger charge is -2.54. The molecule has 3 nitrogen and oxygen atoms in total. The topological polar surface area (TPSA) is 51.2 Å². The van der Waals surface area contributed by atoms with Crippen molar-refractivity contribution in [3.05, 3.63) is 34.9 Å². The molecule has 0 spiro atoms. The van der Waals surface area contributed by atoms with Crippen molar-refractivity contribution in [3.63, 3.8) is 0 Å². The molecule has 1 saturated carbocycles. The average Bonchev–Trinajstić information content (AvgIpc) is 2.53. The molecule has 0 amide bonds. The van der Waals surface area contributed by atoms with Crippen LogP contribution in [0.3, 0.4) is 0 Å². The van der Waals surface area contributed by atoms with Crippen LogP contribution in [-0.2, 0) is 21.4 Å². The Morgan fingerprint density at radius 2 is 1.83 bits per heavy atom. The smallest absolute Gasteiger partial charge is 0.258 e. The van der Waals surface area contributed by atoms with Crippen LogP contribution < -0.4 is 0 Å². The normalized spacial score (nSPS) is 31.8. The van der Waals surface area contributed by atoms with E-state index in [2.05, 4.69) is 13.0 Å². The van der Waals surface area contributed by atoms with Gasteiger partial charge in [0.2, 0.25) is 9.57 Å². The third-order valence-electron chi connectivity index (χ3n) is 6.28. The van der Waals surface area contributed by atoms with E-state index in [4.69, 9.17) is 0 Å². The molecule has 1 fully saturated rings. The Labute approximate surface area is 169 Å². The highest BCUT2D eigenvalue weighted by Crippen LogP contribution is 2.57. The fraction of sp³-hybridized carbons (Fsp3) is 0.526. The summed E-state index contributed by atoms with van der Waals surface area (Å²) in [6.07, 6.45) is 4.54. The molecular weight excluding hydrogens is 530 g/mol. The van der Waals surface area contributed by atoms with E-state index in [0.717, 1.165) is 37.7 Å². The van der Waals surface area contributed by atoms with E-state index in [0.29, 0.717) is 0 Å². The van der Waals surface area contributed by atoms with E-state index in [1.165, 1.54) is 11.1 Å². The van der Waals surface area contributed by atoms with Crippen LogP contribution in [-0.4, -0.2) is 13.4 Å². The number of aryl methyl sites for hydroxylation is 1. The van der Waals surface area contributed by atoms with E-state index in [1.807, 2.05) is 41.6 Å². The number of carbonyl (C=O) groups is 3. The first kappa shape index (κ1) is 18.5. The molecule has 24 heavy (non-hydrogen) atoms. The monoisotopic (exact) mass is 550 g/mol. The molecule has 5 heteroatoms. The number of carbonyl (C=O) groups excluding carboxylic acids is 3. The number of Topliss-reactive ketones (excluding diaryl/α,β-unsaturated/α-hetero) is 1. The molecule has 0 bridgehead atoms. The van der Waals surface area contributed by atoms with Crippen LogP contribution in [0, 0.1) is 11.3 Å². The van der Waals surface area contributed by atoms with E-state index < -0.39 is 5.41 Å². The number of ketones is 1. The van der Waals surface area contributed by atoms with Crippen molar-refractivity contribution in [2.24, 2.45) is 11.3 Å². The third-order valence-corrected chi connectivity index (χ3v) is 7.39. The Kier molecular flexibility index (Phi) is 4.96. The molecule has 2 aliphatic carbocycles. The van der Waals surface area contributed by atoms with Gasteiger partial charge in [0.1, 0.15) is 0 Å². The van der Waals surface area contributed by atoms with Crippen molar-refractivity contribution in [1.29, 1.82) is 0 Å². The van der Waals surface area contributed by atoms with Gasteiger partial charge in [-0.3, -0.25) is 14.4 Å². The molecule has 3 atom stereocenters. The van der Waals surface area contributed by atoms with Crippen LogP contribution in [0.1, 0.15) is 61.0 Å². The summed E-state index contributed by atoms with van der Waals surface area (Å²) in [5.74, 6) is -0.0828. The summed E-state index contributed by atoms with van der Waals surface area (Å²) in [6, 6.07) is 6.00. The number of hydrogen-bond acceptors (Lipinski definition) is 3. The highest BCUT2D eigenvalue weighted by Gasteiger charge is 2.55. The van der Waals surface area contributed by atoms with Crippen LogP contribution in [0.25, 0.3) is 0 Å². The summed E-state index contributed by atoms with van der Waals surface area (Å²) in [4.78, 5) is 36.3. The van der Waals surface area contributed by atoms with Crippen LogP contribution in [0.5, 0.6) is 0 Å². The fourth-order valence-electron chi connectivity index (χ4n) is 5.08. The second-order valence-electron chi connectivity index (χ2n) is 7.53. The zero-order valence-corrected chi connectivity index (χ0v) is 18.1. The second-order valence-corrected chi connectivity index (χ2v) is 9.49. The average molecular weight is 550 g/mol. The van der Waals surface area contributed by atoms with E-state index in [9.17, 15) is 14.4 Å². The number of rotatable bonds is 3. The summed E-state index contributed by atoms with van der Waals surface area (Å²) < 4.78 is -0.320. The summed E-state index contributed by atoms with van der Waals surface area (Å²) >= 11 is 3.45. The van der Waals surface area contributed by atoms with Crippen molar-refractivity contribution in [2.45, 2.75) is 51.4 Å². The first-order chi connectivity index (χ1) is 11.2. The SMILES string of the molecule is C[C@@]1(C(=O)C(=O)I)CCC[C@@]2(C)c3cc(C(=O)I)ccc3CC[C@H]12. The highest BCUT2D eigenvalue weighted by atomic mass is 127. The highest BCUT2D eigenvalue weighted by molar-refractivity contribution is 14.1. The van der Waals surface area contributed by atoms with Gasteiger partial charge in [-0.1, -0.05) is 32.4 Å². The van der Waals surface area contributed by atoms with Crippen molar-refractivity contribution >= 4 is 58.5 Å². The summed E-state index contributed by atoms with van der Waals surface area (Å²) in [5.41, 5.74) is 2.48. The second kappa shape index (κ2) is 6.45. The Bertz CT molecular complexity index is 742. The van der Waals surface area contributed by atoms with E-state index >= 15 is 0 Å². The maximum absolute atomic E-state index is 12.7. The number of benzene rings is 1. The lowest BCUT2D eigenvalue weighted by Crippen LogP contribution is -2.53. The van der Waals surface area contributed by atoms with Crippen LogP contribution in [0.15, 0.2) is 18.2 Å². The van der Waals surface area contributed by atoms with Crippen LogP contribution in [0.4, 0.5) is 0 Å². The molecule has 128 valence electrons. The molecule has 0 radical (unpaired) electrons. The summed E-state index contributed by atoms with van der Waals surface area (Å²) in [6.45, 7) is 4.20. The Morgan fingerprint density at radius 1 is 1.12 bits per heavy atom. The molecule has 3 rings (SSSR count). The molecular formula is C19H20I2O3. The molecule has 1 aromatic rings. The third kappa shape index (κ3) is 2.79. The maximum Gasteiger partial charge on any atom is 0.258 e. The Balaban J connectivity index is 2.12. The van der Waals surface area contributed by atoms with Crippen molar-refractivity contribution in [1.82, 2.24) is 0 Å². The lowest BCUT2D eigenvalue weighted by molar-refractivity contribution is -0.143. The first-order valence-electron chi connectivity index (χ1n) is 8.27. The van der Waals surface area contributed by atoms with Gasteiger partial charge in [0.25, 0.3) is 3.79 Å². The molecule has 2 aliphatic rings. The minimum absolute atomic E-state index is 0.0400. The fourth-order valence-corrected chi connectivity index (χ4v) is 6.03. The Hall–Kier alpha value is -0.310. The van der Waals surface area contributed by atoms with Gasteiger partial charge in [0.05, 0.1) is 0 Å². The number of fused-ring (bicyclic) bond motifs is 3. The molecule has 0 unspecified atom stereocenters. The van der Waals surface area contributed by atoms with Crippen molar-refractivity contribution < 1.29 is 14.4 Å². The van der Waals surface area contributed by atoms with Gasteiger partial charge >= 0.3 is 0 Å². The molecule has 1 aromatic carbocycles. The van der Waals surface area contributed by atoms with Crippen LogP contribution in [0.2, 0.25) is 0 Å². The number of hydrogen-bond donors (Lipinski definition) is 0.